The average Bonchev–Trinajstić information content (AvgIpc) is 2.81. The van der Waals surface area contributed by atoms with Gasteiger partial charge in [0, 0.05) is 6.42 Å². The number of carbonyl (C=O) groups excluding carboxylic acids is 1. The minimum atomic E-state index is -1.70. The zero-order chi connectivity index (χ0) is 25.1. The molecule has 2 N–H and O–H groups in total. The van der Waals surface area contributed by atoms with Gasteiger partial charge in [-0.05, 0) is 18.6 Å². The minimum Gasteiger partial charge on any atom is -0.495 e. The van der Waals surface area contributed by atoms with Gasteiger partial charge in [-0.3, -0.25) is 4.79 Å². The number of hydrogen-bond acceptors (Lipinski definition) is 3. The van der Waals surface area contributed by atoms with Crippen molar-refractivity contribution in [3.05, 3.63) is 24.3 Å². The smallest absolute Gasteiger partial charge is 0.228 e. The summed E-state index contributed by atoms with van der Waals surface area (Å²) in [7, 11) is 1.57. The van der Waals surface area contributed by atoms with Gasteiger partial charge in [-0.2, -0.15) is 0 Å². The molecule has 1 unspecified atom stereocenters. The van der Waals surface area contributed by atoms with Crippen molar-refractivity contribution in [3.8, 4) is 5.75 Å². The molecule has 1 aromatic rings. The normalized spacial score (nSPS) is 12.4. The zero-order valence-corrected chi connectivity index (χ0v) is 23.4. The van der Waals surface area contributed by atoms with Crippen LogP contribution >= 0.6 is 34.8 Å². The van der Waals surface area contributed by atoms with Gasteiger partial charge < -0.3 is 15.4 Å². The largest absolute Gasteiger partial charge is 0.495 e. The highest BCUT2D eigenvalue weighted by atomic mass is 35.6. The first kappa shape index (κ1) is 31.2. The molecule has 0 aromatic heterocycles. The molecule has 0 bridgehead atoms. The third-order valence-electron chi connectivity index (χ3n) is 6.05. The molecule has 0 spiro atoms. The minimum absolute atomic E-state index is 0.131. The summed E-state index contributed by atoms with van der Waals surface area (Å²) < 4.78 is 3.62. The molecule has 4 nitrogen and oxygen atoms in total. The fourth-order valence-electron chi connectivity index (χ4n) is 4.01. The molecule has 0 aliphatic rings. The van der Waals surface area contributed by atoms with Crippen LogP contribution in [0.5, 0.6) is 5.75 Å². The predicted octanol–water partition coefficient (Wildman–Crippen LogP) is 9.18. The monoisotopic (exact) mass is 534 g/mol. The number of hydrogen-bond donors (Lipinski definition) is 2. The van der Waals surface area contributed by atoms with Crippen LogP contribution in [0.25, 0.3) is 0 Å². The number of unbranched alkanes of at least 4 members (excludes halogenated alkanes) is 14. The number of rotatable bonds is 20. The van der Waals surface area contributed by atoms with E-state index in [0.717, 1.165) is 19.3 Å². The molecular formula is C27H45Cl3N2O2. The summed E-state index contributed by atoms with van der Waals surface area (Å²) in [6, 6.07) is 7.30. The van der Waals surface area contributed by atoms with Gasteiger partial charge in [-0.15, -0.1) is 0 Å². The Labute approximate surface area is 222 Å². The first-order valence-corrected chi connectivity index (χ1v) is 14.3. The van der Waals surface area contributed by atoms with Crippen LogP contribution in [0.2, 0.25) is 0 Å². The van der Waals surface area contributed by atoms with Crippen LogP contribution in [0.1, 0.15) is 110 Å². The number of halogens is 3. The first-order chi connectivity index (χ1) is 16.4. The van der Waals surface area contributed by atoms with E-state index >= 15 is 0 Å². The number of benzene rings is 1. The number of anilines is 1. The van der Waals surface area contributed by atoms with Crippen LogP contribution in [-0.4, -0.2) is 23.0 Å². The first-order valence-electron chi connectivity index (χ1n) is 13.1. The molecule has 7 heteroatoms. The quantitative estimate of drug-likeness (QED) is 0.0993. The van der Waals surface area contributed by atoms with E-state index in [1.54, 1.807) is 13.2 Å². The fourth-order valence-corrected chi connectivity index (χ4v) is 4.34. The third kappa shape index (κ3) is 15.2. The van der Waals surface area contributed by atoms with Crippen LogP contribution in [-0.2, 0) is 4.79 Å². The van der Waals surface area contributed by atoms with E-state index in [1.165, 1.54) is 77.0 Å². The van der Waals surface area contributed by atoms with Gasteiger partial charge in [-0.25, -0.2) is 0 Å². The van der Waals surface area contributed by atoms with Crippen molar-refractivity contribution in [3.63, 3.8) is 0 Å². The lowest BCUT2D eigenvalue weighted by atomic mass is 10.0. The summed E-state index contributed by atoms with van der Waals surface area (Å²) in [5, 5.41) is 5.88. The van der Waals surface area contributed by atoms with Crippen molar-refractivity contribution >= 4 is 46.4 Å². The van der Waals surface area contributed by atoms with Gasteiger partial charge in [0.1, 0.15) is 11.9 Å². The highest BCUT2D eigenvalue weighted by Gasteiger charge is 2.34. The van der Waals surface area contributed by atoms with Crippen molar-refractivity contribution in [1.82, 2.24) is 5.32 Å². The second-order valence-corrected chi connectivity index (χ2v) is 11.5. The summed E-state index contributed by atoms with van der Waals surface area (Å²) in [6.45, 7) is 2.27. The van der Waals surface area contributed by atoms with E-state index in [2.05, 4.69) is 17.6 Å². The average molecular weight is 536 g/mol. The molecule has 1 amide bonds. The maximum Gasteiger partial charge on any atom is 0.228 e. The Bertz CT molecular complexity index is 653. The molecule has 0 aliphatic heterocycles. The molecule has 0 saturated carbocycles. The summed E-state index contributed by atoms with van der Waals surface area (Å²) in [4.78, 5) is 12.4. The summed E-state index contributed by atoms with van der Waals surface area (Å²) in [5.41, 5.74) is 0.647. The molecule has 1 atom stereocenters. The number of nitrogens with one attached hydrogen (secondary N) is 2. The Morgan fingerprint density at radius 1 is 0.824 bits per heavy atom. The number of methoxy groups -OCH3 is 1. The van der Waals surface area contributed by atoms with Crippen molar-refractivity contribution in [1.29, 1.82) is 0 Å². The van der Waals surface area contributed by atoms with Crippen LogP contribution in [0.15, 0.2) is 24.3 Å². The number of carbonyl (C=O) groups is 1. The molecule has 0 heterocycles. The van der Waals surface area contributed by atoms with Crippen LogP contribution < -0.4 is 15.4 Å². The maximum absolute atomic E-state index is 12.4. The molecule has 0 fully saturated rings. The highest BCUT2D eigenvalue weighted by Crippen LogP contribution is 2.33. The predicted molar refractivity (Wildman–Crippen MR) is 148 cm³/mol. The SMILES string of the molecule is CCCCCCCCCCCCCCCCCC(=O)NC(Nc1ccccc1OC)C(Cl)(Cl)Cl. The summed E-state index contributed by atoms with van der Waals surface area (Å²) >= 11 is 18.3. The molecule has 196 valence electrons. The molecule has 34 heavy (non-hydrogen) atoms. The van der Waals surface area contributed by atoms with Gasteiger partial charge in [0.15, 0.2) is 0 Å². The lowest BCUT2D eigenvalue weighted by Gasteiger charge is -2.28. The van der Waals surface area contributed by atoms with E-state index in [-0.39, 0.29) is 5.91 Å². The van der Waals surface area contributed by atoms with Crippen LogP contribution in [0, 0.1) is 0 Å². The molecule has 0 aliphatic carbocycles. The Morgan fingerprint density at radius 3 is 1.76 bits per heavy atom. The van der Waals surface area contributed by atoms with Crippen molar-refractivity contribution in [2.24, 2.45) is 0 Å². The van der Waals surface area contributed by atoms with Gasteiger partial charge >= 0.3 is 0 Å². The number of amides is 1. The second-order valence-electron chi connectivity index (χ2n) is 9.09. The second kappa shape index (κ2) is 19.4. The summed E-state index contributed by atoms with van der Waals surface area (Å²) in [5.74, 6) is 0.479. The van der Waals surface area contributed by atoms with E-state index in [1.807, 2.05) is 18.2 Å². The number of ether oxygens (including phenoxy) is 1. The summed E-state index contributed by atoms with van der Waals surface area (Å²) in [6.07, 6.45) is 18.9. The zero-order valence-electron chi connectivity index (χ0n) is 21.2. The van der Waals surface area contributed by atoms with Crippen molar-refractivity contribution < 1.29 is 9.53 Å². The molecule has 1 rings (SSSR count). The molecule has 0 saturated heterocycles. The molecule has 0 radical (unpaired) electrons. The molecule has 1 aromatic carbocycles. The van der Waals surface area contributed by atoms with Crippen molar-refractivity contribution in [2.75, 3.05) is 12.4 Å². The Hall–Kier alpha value is -0.840. The van der Waals surface area contributed by atoms with Gasteiger partial charge in [0.25, 0.3) is 0 Å². The van der Waals surface area contributed by atoms with Gasteiger partial charge in [0.2, 0.25) is 9.70 Å². The lowest BCUT2D eigenvalue weighted by molar-refractivity contribution is -0.121. The van der Waals surface area contributed by atoms with E-state index < -0.39 is 9.96 Å². The highest BCUT2D eigenvalue weighted by molar-refractivity contribution is 6.68. The Kier molecular flexibility index (Phi) is 17.8. The van der Waals surface area contributed by atoms with E-state index in [0.29, 0.717) is 17.9 Å². The topological polar surface area (TPSA) is 50.4 Å². The van der Waals surface area contributed by atoms with E-state index in [9.17, 15) is 4.79 Å². The maximum atomic E-state index is 12.4. The number of alkyl halides is 3. The van der Waals surface area contributed by atoms with Crippen LogP contribution in [0.4, 0.5) is 5.69 Å². The molecular weight excluding hydrogens is 491 g/mol. The van der Waals surface area contributed by atoms with Gasteiger partial charge in [-0.1, -0.05) is 144 Å². The standard InChI is InChI=1S/C27H45Cl3N2O2/c1-3-4-5-6-7-8-9-10-11-12-13-14-15-16-17-22-25(33)32-26(27(28,29)30)31-23-20-18-19-21-24(23)34-2/h18-21,26,31H,3-17,22H2,1-2H3,(H,32,33). The number of para-hydroxylation sites is 2. The Balaban J connectivity index is 2.11. The van der Waals surface area contributed by atoms with Crippen molar-refractivity contribution in [2.45, 2.75) is 120 Å². The Morgan fingerprint density at radius 2 is 1.29 bits per heavy atom. The third-order valence-corrected chi connectivity index (χ3v) is 6.70. The van der Waals surface area contributed by atoms with E-state index in [4.69, 9.17) is 39.5 Å². The van der Waals surface area contributed by atoms with Crippen LogP contribution in [0.3, 0.4) is 0 Å². The lowest BCUT2D eigenvalue weighted by Crippen LogP contribution is -2.49. The van der Waals surface area contributed by atoms with Gasteiger partial charge in [0.05, 0.1) is 12.8 Å². The fraction of sp³-hybridized carbons (Fsp3) is 0.741.